The van der Waals surface area contributed by atoms with Crippen LogP contribution in [0.5, 0.6) is 0 Å². The van der Waals surface area contributed by atoms with Gasteiger partial charge < -0.3 is 0 Å². The van der Waals surface area contributed by atoms with E-state index >= 15 is 0 Å². The maximum absolute atomic E-state index is 11.9. The lowest BCUT2D eigenvalue weighted by Gasteiger charge is -2.03. The average molecular weight is 267 g/mol. The second-order valence-corrected chi connectivity index (χ2v) is 5.61. The fourth-order valence-electron chi connectivity index (χ4n) is 1.14. The third-order valence-corrected chi connectivity index (χ3v) is 4.09. The number of sulfonamides is 1. The molecule has 6 nitrogen and oxygen atoms in total. The largest absolute Gasteiger partial charge is 0.385 e. The van der Waals surface area contributed by atoms with E-state index < -0.39 is 10.0 Å². The minimum Gasteiger partial charge on any atom is -0.255 e. The van der Waals surface area contributed by atoms with Gasteiger partial charge in [-0.3, -0.25) is 4.72 Å². The highest BCUT2D eigenvalue weighted by molar-refractivity contribution is 7.93. The Kier molecular flexibility index (Phi) is 3.03. The molecule has 17 heavy (non-hydrogen) atoms. The number of diazo groups is 1. The Morgan fingerprint density at radius 2 is 2.00 bits per heavy atom. The summed E-state index contributed by atoms with van der Waals surface area (Å²) in [6.45, 7) is 0. The van der Waals surface area contributed by atoms with Gasteiger partial charge in [0, 0.05) is 23.7 Å². The van der Waals surface area contributed by atoms with Crippen LogP contribution in [-0.4, -0.2) is 13.4 Å². The van der Waals surface area contributed by atoms with E-state index in [1.54, 1.807) is 5.38 Å². The second-order valence-electron chi connectivity index (χ2n) is 3.04. The smallest absolute Gasteiger partial charge is 0.255 e. The van der Waals surface area contributed by atoms with Gasteiger partial charge in [-0.05, 0) is 12.1 Å². The van der Waals surface area contributed by atoms with Crippen LogP contribution in [0.25, 0.3) is 4.98 Å². The molecule has 1 aromatic carbocycles. The van der Waals surface area contributed by atoms with Crippen LogP contribution >= 0.6 is 11.3 Å². The summed E-state index contributed by atoms with van der Waals surface area (Å²) in [7, 11) is -3.63. The van der Waals surface area contributed by atoms with Gasteiger partial charge in [-0.25, -0.2) is 13.4 Å². The van der Waals surface area contributed by atoms with Crippen LogP contribution < -0.4 is 4.72 Å². The maximum atomic E-state index is 11.9. The van der Waals surface area contributed by atoms with E-state index in [0.717, 1.165) is 0 Å². The molecular formula is C9H7N4O2S2+. The van der Waals surface area contributed by atoms with Crippen LogP contribution in [-0.2, 0) is 10.0 Å². The SMILES string of the molecule is N#[N+]c1ccc(S(=O)(=O)Nc2nccs2)cc1. The van der Waals surface area contributed by atoms with Crippen LogP contribution in [0.15, 0.2) is 40.7 Å². The summed E-state index contributed by atoms with van der Waals surface area (Å²) in [6.07, 6.45) is 1.51. The zero-order valence-corrected chi connectivity index (χ0v) is 10.1. The van der Waals surface area contributed by atoms with Crippen molar-refractivity contribution in [3.8, 4) is 0 Å². The van der Waals surface area contributed by atoms with Crippen molar-refractivity contribution >= 4 is 32.2 Å². The van der Waals surface area contributed by atoms with Gasteiger partial charge in [0.2, 0.25) is 5.39 Å². The van der Waals surface area contributed by atoms with Crippen LogP contribution in [0.4, 0.5) is 10.8 Å². The van der Waals surface area contributed by atoms with Gasteiger partial charge in [-0.15, -0.1) is 11.3 Å². The molecule has 0 aliphatic rings. The molecule has 0 radical (unpaired) electrons. The Morgan fingerprint density at radius 1 is 1.29 bits per heavy atom. The molecule has 0 aliphatic carbocycles. The number of anilines is 1. The Hall–Kier alpha value is -1.98. The van der Waals surface area contributed by atoms with Gasteiger partial charge >= 0.3 is 5.69 Å². The summed E-state index contributed by atoms with van der Waals surface area (Å²) < 4.78 is 26.1. The van der Waals surface area contributed by atoms with Crippen molar-refractivity contribution in [2.45, 2.75) is 4.90 Å². The standard InChI is InChI=1S/C9H7N4O2S2/c10-12-7-1-3-8(4-2-7)17(14,15)13-9-11-5-6-16-9/h1-6H,(H,11,13)/q+1. The van der Waals surface area contributed by atoms with Crippen LogP contribution in [0.1, 0.15) is 0 Å². The van der Waals surface area contributed by atoms with Crippen molar-refractivity contribution < 1.29 is 8.42 Å². The second kappa shape index (κ2) is 4.48. The summed E-state index contributed by atoms with van der Waals surface area (Å²) in [5.41, 5.74) is 0.290. The molecule has 0 amide bonds. The molecule has 1 aromatic heterocycles. The highest BCUT2D eigenvalue weighted by Gasteiger charge is 2.16. The fourth-order valence-corrected chi connectivity index (χ4v) is 2.93. The topological polar surface area (TPSA) is 87.2 Å². The van der Waals surface area contributed by atoms with Crippen molar-refractivity contribution in [1.82, 2.24) is 4.98 Å². The molecule has 0 saturated carbocycles. The fraction of sp³-hybridized carbons (Fsp3) is 0. The van der Waals surface area contributed by atoms with Crippen molar-refractivity contribution in [3.05, 3.63) is 40.8 Å². The predicted octanol–water partition coefficient (Wildman–Crippen LogP) is 2.43. The molecule has 1 N–H and O–H groups in total. The highest BCUT2D eigenvalue weighted by atomic mass is 32.2. The predicted molar refractivity (Wildman–Crippen MR) is 64.1 cm³/mol. The summed E-state index contributed by atoms with van der Waals surface area (Å²) in [5, 5.41) is 10.5. The number of thiazole rings is 1. The lowest BCUT2D eigenvalue weighted by molar-refractivity contribution is 0.601. The summed E-state index contributed by atoms with van der Waals surface area (Å²) in [6, 6.07) is 5.50. The Bertz CT molecular complexity index is 641. The van der Waals surface area contributed by atoms with Crippen molar-refractivity contribution in [3.63, 3.8) is 0 Å². The summed E-state index contributed by atoms with van der Waals surface area (Å²) in [5.74, 6) is 0. The summed E-state index contributed by atoms with van der Waals surface area (Å²) in [4.78, 5) is 6.86. The van der Waals surface area contributed by atoms with Crippen molar-refractivity contribution in [2.24, 2.45) is 0 Å². The Balaban J connectivity index is 2.29. The molecule has 86 valence electrons. The lowest BCUT2D eigenvalue weighted by atomic mass is 10.3. The molecule has 2 rings (SSSR count). The number of nitrogens with one attached hydrogen (secondary N) is 1. The third-order valence-electron chi connectivity index (χ3n) is 1.92. The number of aromatic nitrogens is 1. The molecule has 0 spiro atoms. The van der Waals surface area contributed by atoms with Crippen LogP contribution in [0, 0.1) is 5.39 Å². The molecule has 0 fully saturated rings. The molecule has 1 heterocycles. The van der Waals surface area contributed by atoms with Gasteiger partial charge in [-0.2, -0.15) is 0 Å². The minimum absolute atomic E-state index is 0.0834. The number of hydrogen-bond donors (Lipinski definition) is 1. The molecular weight excluding hydrogens is 260 g/mol. The molecule has 0 bridgehead atoms. The van der Waals surface area contributed by atoms with E-state index in [0.29, 0.717) is 5.13 Å². The van der Waals surface area contributed by atoms with Gasteiger partial charge in [0.05, 0.1) is 4.90 Å². The monoisotopic (exact) mass is 267 g/mol. The first kappa shape index (κ1) is 11.5. The van der Waals surface area contributed by atoms with E-state index in [9.17, 15) is 8.42 Å². The Labute approximate surface area is 102 Å². The van der Waals surface area contributed by atoms with Gasteiger partial charge in [0.1, 0.15) is 0 Å². The molecule has 8 heteroatoms. The first-order chi connectivity index (χ1) is 8.12. The van der Waals surface area contributed by atoms with E-state index in [2.05, 4.69) is 14.7 Å². The lowest BCUT2D eigenvalue weighted by Crippen LogP contribution is -2.12. The van der Waals surface area contributed by atoms with Crippen LogP contribution in [0.3, 0.4) is 0 Å². The van der Waals surface area contributed by atoms with E-state index in [1.165, 1.54) is 41.8 Å². The molecule has 0 saturated heterocycles. The third kappa shape index (κ3) is 2.58. The number of nitrogens with zero attached hydrogens (tertiary/aromatic N) is 3. The molecule has 0 unspecified atom stereocenters. The number of hydrogen-bond acceptors (Lipinski definition) is 5. The minimum atomic E-state index is -3.63. The van der Waals surface area contributed by atoms with E-state index in [4.69, 9.17) is 5.39 Å². The zero-order valence-electron chi connectivity index (χ0n) is 8.44. The van der Waals surface area contributed by atoms with E-state index in [1.807, 2.05) is 0 Å². The zero-order chi connectivity index (χ0) is 12.3. The Morgan fingerprint density at radius 3 is 2.53 bits per heavy atom. The first-order valence-electron chi connectivity index (χ1n) is 4.49. The molecule has 0 aliphatic heterocycles. The van der Waals surface area contributed by atoms with Gasteiger partial charge in [-0.1, -0.05) is 0 Å². The molecule has 0 atom stereocenters. The average Bonchev–Trinajstić information content (AvgIpc) is 2.81. The van der Waals surface area contributed by atoms with Crippen molar-refractivity contribution in [2.75, 3.05) is 4.72 Å². The van der Waals surface area contributed by atoms with Gasteiger partial charge in [0.15, 0.2) is 10.1 Å². The highest BCUT2D eigenvalue weighted by Crippen LogP contribution is 2.20. The summed E-state index contributed by atoms with van der Waals surface area (Å²) >= 11 is 1.19. The maximum Gasteiger partial charge on any atom is 0.385 e. The van der Waals surface area contributed by atoms with Gasteiger partial charge in [0.25, 0.3) is 10.0 Å². The normalized spacial score (nSPS) is 10.8. The molecule has 2 aromatic rings. The number of benzene rings is 1. The first-order valence-corrected chi connectivity index (χ1v) is 6.85. The van der Waals surface area contributed by atoms with Crippen molar-refractivity contribution in [1.29, 1.82) is 5.39 Å². The quantitative estimate of drug-likeness (QED) is 0.865. The van der Waals surface area contributed by atoms with Crippen LogP contribution in [0.2, 0.25) is 0 Å². The van der Waals surface area contributed by atoms with E-state index in [-0.39, 0.29) is 10.6 Å². The number of rotatable bonds is 3.